The molecule has 0 unspecified atom stereocenters. The van der Waals surface area contributed by atoms with Gasteiger partial charge in [0, 0.05) is 22.2 Å². The first kappa shape index (κ1) is 22.5. The summed E-state index contributed by atoms with van der Waals surface area (Å²) in [7, 11) is 1.48. The second-order valence-electron chi connectivity index (χ2n) is 7.27. The lowest BCUT2D eigenvalue weighted by atomic mass is 9.97. The van der Waals surface area contributed by atoms with E-state index in [0.29, 0.717) is 28.1 Å². The van der Waals surface area contributed by atoms with Crippen molar-refractivity contribution in [3.63, 3.8) is 0 Å². The molecule has 0 saturated carbocycles. The van der Waals surface area contributed by atoms with Gasteiger partial charge in [0.25, 0.3) is 5.91 Å². The molecule has 4 nitrogen and oxygen atoms in total. The third-order valence-corrected chi connectivity index (χ3v) is 5.83. The van der Waals surface area contributed by atoms with E-state index in [4.69, 9.17) is 4.74 Å². The number of benzene rings is 3. The van der Waals surface area contributed by atoms with Crippen LogP contribution in [0.5, 0.6) is 5.75 Å². The summed E-state index contributed by atoms with van der Waals surface area (Å²) in [5, 5.41) is 5.79. The minimum Gasteiger partial charge on any atom is -0.497 e. The largest absolute Gasteiger partial charge is 0.497 e. The number of thiazole rings is 1. The monoisotopic (exact) mass is 468 g/mol. The summed E-state index contributed by atoms with van der Waals surface area (Å²) in [5.74, 6) is 0.106. The predicted molar refractivity (Wildman–Crippen MR) is 124 cm³/mol. The second kappa shape index (κ2) is 9.07. The molecule has 0 atom stereocenters. The molecule has 0 aliphatic rings. The van der Waals surface area contributed by atoms with Crippen molar-refractivity contribution >= 4 is 22.9 Å². The first-order valence-corrected chi connectivity index (χ1v) is 10.8. The molecule has 0 fully saturated rings. The average Bonchev–Trinajstić information content (AvgIpc) is 3.25. The SMILES string of the molecule is COc1ccc(C(=O)Nc2ccc(-c3csc(C)n3)cc2)c(-c2ccc(C(F)(F)F)cc2)c1. The Morgan fingerprint density at radius 1 is 0.970 bits per heavy atom. The molecule has 8 heteroatoms. The number of nitrogens with one attached hydrogen (secondary N) is 1. The maximum Gasteiger partial charge on any atom is 0.416 e. The molecule has 0 spiro atoms. The molecule has 0 aliphatic heterocycles. The summed E-state index contributed by atoms with van der Waals surface area (Å²) in [6.07, 6.45) is -4.43. The topological polar surface area (TPSA) is 51.2 Å². The van der Waals surface area contributed by atoms with Crippen LogP contribution in [0.15, 0.2) is 72.1 Å². The highest BCUT2D eigenvalue weighted by Crippen LogP contribution is 2.33. The highest BCUT2D eigenvalue weighted by Gasteiger charge is 2.30. The van der Waals surface area contributed by atoms with Crippen LogP contribution >= 0.6 is 11.3 Å². The van der Waals surface area contributed by atoms with Crippen LogP contribution in [0.25, 0.3) is 22.4 Å². The molecule has 1 N–H and O–H groups in total. The van der Waals surface area contributed by atoms with Crippen LogP contribution in [0.4, 0.5) is 18.9 Å². The lowest BCUT2D eigenvalue weighted by molar-refractivity contribution is -0.137. The van der Waals surface area contributed by atoms with Crippen molar-refractivity contribution in [2.75, 3.05) is 12.4 Å². The summed E-state index contributed by atoms with van der Waals surface area (Å²) in [6.45, 7) is 1.94. The first-order chi connectivity index (χ1) is 15.7. The summed E-state index contributed by atoms with van der Waals surface area (Å²) >= 11 is 1.56. The Bertz CT molecular complexity index is 1280. The number of alkyl halides is 3. The van der Waals surface area contributed by atoms with Gasteiger partial charge in [-0.05, 0) is 60.5 Å². The number of hydrogen-bond acceptors (Lipinski definition) is 4. The maximum atomic E-state index is 13.0. The number of rotatable bonds is 5. The molecular formula is C25H19F3N2O2S. The maximum absolute atomic E-state index is 13.0. The Balaban J connectivity index is 1.61. The quantitative estimate of drug-likeness (QED) is 0.341. The molecule has 1 heterocycles. The van der Waals surface area contributed by atoms with E-state index >= 15 is 0 Å². The van der Waals surface area contributed by atoms with Crippen LogP contribution in [-0.4, -0.2) is 18.0 Å². The normalized spacial score (nSPS) is 11.3. The van der Waals surface area contributed by atoms with E-state index in [1.54, 1.807) is 41.7 Å². The zero-order chi connectivity index (χ0) is 23.6. The number of nitrogens with zero attached hydrogens (tertiary/aromatic N) is 1. The van der Waals surface area contributed by atoms with Crippen molar-refractivity contribution in [3.8, 4) is 28.1 Å². The van der Waals surface area contributed by atoms with Crippen molar-refractivity contribution in [3.05, 3.63) is 88.2 Å². The van der Waals surface area contributed by atoms with Crippen molar-refractivity contribution in [1.29, 1.82) is 0 Å². The lowest BCUT2D eigenvalue weighted by Gasteiger charge is -2.13. The molecule has 4 aromatic rings. The van der Waals surface area contributed by atoms with E-state index in [2.05, 4.69) is 10.3 Å². The molecule has 0 bridgehead atoms. The second-order valence-corrected chi connectivity index (χ2v) is 8.33. The molecular weight excluding hydrogens is 449 g/mol. The van der Waals surface area contributed by atoms with Crippen molar-refractivity contribution in [2.24, 2.45) is 0 Å². The van der Waals surface area contributed by atoms with Gasteiger partial charge in [0.05, 0.1) is 23.4 Å². The van der Waals surface area contributed by atoms with Crippen LogP contribution in [0.1, 0.15) is 20.9 Å². The number of amides is 1. The Morgan fingerprint density at radius 3 is 2.21 bits per heavy atom. The number of aromatic nitrogens is 1. The first-order valence-electron chi connectivity index (χ1n) is 9.94. The van der Waals surface area contributed by atoms with E-state index in [1.807, 2.05) is 24.4 Å². The zero-order valence-electron chi connectivity index (χ0n) is 17.7. The van der Waals surface area contributed by atoms with Crippen LogP contribution in [0.2, 0.25) is 0 Å². The van der Waals surface area contributed by atoms with Crippen LogP contribution in [0, 0.1) is 6.92 Å². The number of halogens is 3. The number of ether oxygens (including phenoxy) is 1. The van der Waals surface area contributed by atoms with Gasteiger partial charge >= 0.3 is 6.18 Å². The highest BCUT2D eigenvalue weighted by molar-refractivity contribution is 7.09. The number of anilines is 1. The van der Waals surface area contributed by atoms with E-state index in [-0.39, 0.29) is 5.91 Å². The number of carbonyl (C=O) groups is 1. The summed E-state index contributed by atoms with van der Waals surface area (Å²) < 4.78 is 44.1. The predicted octanol–water partition coefficient (Wildman–Crippen LogP) is 7.07. The zero-order valence-corrected chi connectivity index (χ0v) is 18.6. The van der Waals surface area contributed by atoms with Gasteiger partial charge in [0.15, 0.2) is 0 Å². The van der Waals surface area contributed by atoms with E-state index in [0.717, 1.165) is 28.4 Å². The fourth-order valence-corrected chi connectivity index (χ4v) is 3.97. The van der Waals surface area contributed by atoms with Crippen molar-refractivity contribution in [2.45, 2.75) is 13.1 Å². The van der Waals surface area contributed by atoms with E-state index in [9.17, 15) is 18.0 Å². The number of hydrogen-bond donors (Lipinski definition) is 1. The molecule has 1 amide bonds. The fraction of sp³-hybridized carbons (Fsp3) is 0.120. The molecule has 0 aliphatic carbocycles. The van der Waals surface area contributed by atoms with Crippen molar-refractivity contribution in [1.82, 2.24) is 4.98 Å². The molecule has 1 aromatic heterocycles. The molecule has 3 aromatic carbocycles. The summed E-state index contributed by atoms with van der Waals surface area (Å²) in [6, 6.07) is 16.8. The minimum atomic E-state index is -4.43. The number of methoxy groups -OCH3 is 1. The van der Waals surface area contributed by atoms with Crippen LogP contribution in [-0.2, 0) is 6.18 Å². The van der Waals surface area contributed by atoms with Gasteiger partial charge in [-0.3, -0.25) is 4.79 Å². The molecule has 168 valence electrons. The molecule has 0 radical (unpaired) electrons. The molecule has 4 rings (SSSR count). The summed E-state index contributed by atoms with van der Waals surface area (Å²) in [5.41, 5.74) is 2.90. The van der Waals surface area contributed by atoms with Gasteiger partial charge < -0.3 is 10.1 Å². The highest BCUT2D eigenvalue weighted by atomic mass is 32.1. The standard InChI is InChI=1S/C25H19F3N2O2S/c1-15-29-23(14-33-15)17-5-9-19(10-6-17)30-24(31)21-12-11-20(32-2)13-22(21)16-3-7-18(8-4-16)25(26,27)28/h3-14H,1-2H3,(H,30,31). The van der Waals surface area contributed by atoms with Crippen LogP contribution in [0.3, 0.4) is 0 Å². The minimum absolute atomic E-state index is 0.315. The fourth-order valence-electron chi connectivity index (χ4n) is 3.34. The molecule has 33 heavy (non-hydrogen) atoms. The Labute approximate surface area is 192 Å². The molecule has 0 saturated heterocycles. The number of carbonyl (C=O) groups excluding carboxylic acids is 1. The Hall–Kier alpha value is -3.65. The third-order valence-electron chi connectivity index (χ3n) is 5.05. The Kier molecular flexibility index (Phi) is 6.20. The summed E-state index contributed by atoms with van der Waals surface area (Å²) in [4.78, 5) is 17.5. The van der Waals surface area contributed by atoms with Crippen molar-refractivity contribution < 1.29 is 22.7 Å². The van der Waals surface area contributed by atoms with Gasteiger partial charge in [-0.1, -0.05) is 24.3 Å². The van der Waals surface area contributed by atoms with E-state index in [1.165, 1.54) is 19.2 Å². The van der Waals surface area contributed by atoms with E-state index < -0.39 is 11.7 Å². The van der Waals surface area contributed by atoms with Gasteiger partial charge in [-0.15, -0.1) is 11.3 Å². The smallest absolute Gasteiger partial charge is 0.416 e. The lowest BCUT2D eigenvalue weighted by Crippen LogP contribution is -2.13. The van der Waals surface area contributed by atoms with Gasteiger partial charge in [-0.25, -0.2) is 4.98 Å². The Morgan fingerprint density at radius 2 is 1.64 bits per heavy atom. The van der Waals surface area contributed by atoms with Gasteiger partial charge in [0.2, 0.25) is 0 Å². The third kappa shape index (κ3) is 5.06. The van der Waals surface area contributed by atoms with Crippen LogP contribution < -0.4 is 10.1 Å². The number of aryl methyl sites for hydroxylation is 1. The van der Waals surface area contributed by atoms with Gasteiger partial charge in [0.1, 0.15) is 5.75 Å². The average molecular weight is 469 g/mol. The van der Waals surface area contributed by atoms with Gasteiger partial charge in [-0.2, -0.15) is 13.2 Å².